The van der Waals surface area contributed by atoms with Gasteiger partial charge in [-0.1, -0.05) is 17.7 Å². The third-order valence-corrected chi connectivity index (χ3v) is 4.61. The Bertz CT molecular complexity index is 812. The molecule has 0 fully saturated rings. The molecule has 0 unspecified atom stereocenters. The smallest absolute Gasteiger partial charge is 0.232 e. The van der Waals surface area contributed by atoms with Gasteiger partial charge in [0.05, 0.1) is 23.8 Å². The van der Waals surface area contributed by atoms with Crippen molar-refractivity contribution >= 4 is 50.4 Å². The van der Waals surface area contributed by atoms with Crippen molar-refractivity contribution in [1.82, 2.24) is 9.97 Å². The minimum atomic E-state index is -3.40. The van der Waals surface area contributed by atoms with E-state index in [9.17, 15) is 8.42 Å². The third kappa shape index (κ3) is 3.79. The number of anilines is 3. The van der Waals surface area contributed by atoms with Gasteiger partial charge >= 0.3 is 0 Å². The Labute approximate surface area is 139 Å². The number of benzene rings is 1. The Morgan fingerprint density at radius 1 is 1.27 bits per heavy atom. The summed E-state index contributed by atoms with van der Waals surface area (Å²) in [5.41, 5.74) is 1.94. The molecule has 0 spiro atoms. The zero-order valence-corrected chi connectivity index (χ0v) is 14.5. The second kappa shape index (κ2) is 6.28. The number of sulfonamides is 1. The molecule has 9 heteroatoms. The highest BCUT2D eigenvalue weighted by atomic mass is 35.5. The highest BCUT2D eigenvalue weighted by Crippen LogP contribution is 2.32. The maximum absolute atomic E-state index is 11.8. The standard InChI is InChI=1S/C13H14Cl2N4O2S/c1-8-4-5-10(11(6-8)19(2)22(3,20)21)17-12-9(14)7-16-13(15)18-12/h4-7H,1-3H3,(H,16,17,18). The van der Waals surface area contributed by atoms with Crippen LogP contribution >= 0.6 is 23.2 Å². The van der Waals surface area contributed by atoms with Crippen LogP contribution in [0.5, 0.6) is 0 Å². The molecule has 0 bridgehead atoms. The van der Waals surface area contributed by atoms with E-state index in [1.807, 2.05) is 13.0 Å². The quantitative estimate of drug-likeness (QED) is 0.847. The van der Waals surface area contributed by atoms with Gasteiger partial charge in [-0.15, -0.1) is 0 Å². The number of nitrogens with one attached hydrogen (secondary N) is 1. The van der Waals surface area contributed by atoms with Gasteiger partial charge in [-0.2, -0.15) is 4.98 Å². The fraction of sp³-hybridized carbons (Fsp3) is 0.231. The number of rotatable bonds is 4. The third-order valence-electron chi connectivity index (χ3n) is 2.96. The van der Waals surface area contributed by atoms with Gasteiger partial charge in [0.1, 0.15) is 5.02 Å². The molecule has 6 nitrogen and oxygen atoms in total. The van der Waals surface area contributed by atoms with Crippen molar-refractivity contribution in [2.24, 2.45) is 0 Å². The zero-order chi connectivity index (χ0) is 16.5. The van der Waals surface area contributed by atoms with E-state index in [0.29, 0.717) is 17.2 Å². The molecular formula is C13H14Cl2N4O2S. The first-order valence-electron chi connectivity index (χ1n) is 6.18. The molecule has 0 aliphatic rings. The molecule has 118 valence electrons. The van der Waals surface area contributed by atoms with Gasteiger partial charge in [-0.25, -0.2) is 13.4 Å². The van der Waals surface area contributed by atoms with E-state index in [1.54, 1.807) is 12.1 Å². The first-order chi connectivity index (χ1) is 10.2. The predicted molar refractivity (Wildman–Crippen MR) is 89.8 cm³/mol. The molecule has 0 atom stereocenters. The van der Waals surface area contributed by atoms with Gasteiger partial charge in [-0.3, -0.25) is 4.31 Å². The lowest BCUT2D eigenvalue weighted by molar-refractivity contribution is 0.600. The average molecular weight is 361 g/mol. The molecule has 1 heterocycles. The van der Waals surface area contributed by atoms with Crippen LogP contribution in [0.2, 0.25) is 10.3 Å². The average Bonchev–Trinajstić information content (AvgIpc) is 2.43. The Hall–Kier alpha value is -1.57. The van der Waals surface area contributed by atoms with Gasteiger partial charge in [0, 0.05) is 7.05 Å². The number of nitrogens with zero attached hydrogens (tertiary/aromatic N) is 3. The van der Waals surface area contributed by atoms with Crippen LogP contribution in [0.4, 0.5) is 17.2 Å². The first kappa shape index (κ1) is 16.8. The molecule has 22 heavy (non-hydrogen) atoms. The van der Waals surface area contributed by atoms with Crippen molar-refractivity contribution in [1.29, 1.82) is 0 Å². The van der Waals surface area contributed by atoms with Crippen LogP contribution < -0.4 is 9.62 Å². The topological polar surface area (TPSA) is 75.2 Å². The number of aromatic nitrogens is 2. The molecule has 0 aliphatic carbocycles. The number of hydrogen-bond acceptors (Lipinski definition) is 5. The molecule has 2 rings (SSSR count). The number of hydrogen-bond donors (Lipinski definition) is 1. The summed E-state index contributed by atoms with van der Waals surface area (Å²) in [4.78, 5) is 7.76. The Kier molecular flexibility index (Phi) is 4.79. The fourth-order valence-corrected chi connectivity index (χ4v) is 2.53. The summed E-state index contributed by atoms with van der Waals surface area (Å²) in [5, 5.41) is 3.30. The van der Waals surface area contributed by atoms with Gasteiger partial charge < -0.3 is 5.32 Å². The lowest BCUT2D eigenvalue weighted by Crippen LogP contribution is -2.25. The zero-order valence-electron chi connectivity index (χ0n) is 12.1. The van der Waals surface area contributed by atoms with E-state index in [0.717, 1.165) is 11.8 Å². The first-order valence-corrected chi connectivity index (χ1v) is 8.78. The molecule has 0 saturated carbocycles. The monoisotopic (exact) mass is 360 g/mol. The molecule has 0 saturated heterocycles. The predicted octanol–water partition coefficient (Wildman–Crippen LogP) is 3.23. The highest BCUT2D eigenvalue weighted by molar-refractivity contribution is 7.92. The lowest BCUT2D eigenvalue weighted by atomic mass is 10.2. The Morgan fingerprint density at radius 3 is 2.59 bits per heavy atom. The summed E-state index contributed by atoms with van der Waals surface area (Å²) in [6.45, 7) is 1.87. The highest BCUT2D eigenvalue weighted by Gasteiger charge is 2.17. The van der Waals surface area contributed by atoms with Gasteiger partial charge in [0.25, 0.3) is 0 Å². The van der Waals surface area contributed by atoms with Crippen LogP contribution in [-0.4, -0.2) is 31.7 Å². The van der Waals surface area contributed by atoms with E-state index in [2.05, 4.69) is 15.3 Å². The van der Waals surface area contributed by atoms with E-state index < -0.39 is 10.0 Å². The summed E-state index contributed by atoms with van der Waals surface area (Å²) >= 11 is 11.8. The van der Waals surface area contributed by atoms with Crippen molar-refractivity contribution in [2.45, 2.75) is 6.92 Å². The van der Waals surface area contributed by atoms with Crippen LogP contribution in [0, 0.1) is 6.92 Å². The molecule has 0 radical (unpaired) electrons. The van der Waals surface area contributed by atoms with Crippen molar-refractivity contribution in [3.63, 3.8) is 0 Å². The van der Waals surface area contributed by atoms with E-state index >= 15 is 0 Å². The molecular weight excluding hydrogens is 347 g/mol. The minimum Gasteiger partial charge on any atom is -0.337 e. The normalized spacial score (nSPS) is 11.3. The largest absolute Gasteiger partial charge is 0.337 e. The molecule has 2 aromatic rings. The Balaban J connectivity index is 2.50. The van der Waals surface area contributed by atoms with Crippen LogP contribution in [-0.2, 0) is 10.0 Å². The second-order valence-corrected chi connectivity index (χ2v) is 7.47. The summed E-state index contributed by atoms with van der Waals surface area (Å²) in [7, 11) is -1.93. The van der Waals surface area contributed by atoms with Gasteiger partial charge in [-0.05, 0) is 36.2 Å². The van der Waals surface area contributed by atoms with Crippen molar-refractivity contribution in [2.75, 3.05) is 22.9 Å². The maximum atomic E-state index is 11.8. The van der Waals surface area contributed by atoms with Crippen molar-refractivity contribution < 1.29 is 8.42 Å². The van der Waals surface area contributed by atoms with Crippen LogP contribution in [0.3, 0.4) is 0 Å². The van der Waals surface area contributed by atoms with Crippen LogP contribution in [0.25, 0.3) is 0 Å². The number of halogens is 2. The molecule has 1 aromatic heterocycles. The number of aryl methyl sites for hydroxylation is 1. The molecule has 0 amide bonds. The molecule has 1 N–H and O–H groups in total. The van der Waals surface area contributed by atoms with Gasteiger partial charge in [0.2, 0.25) is 15.3 Å². The minimum absolute atomic E-state index is 0.0389. The van der Waals surface area contributed by atoms with E-state index in [4.69, 9.17) is 23.2 Å². The molecule has 0 aliphatic heterocycles. The maximum Gasteiger partial charge on any atom is 0.232 e. The molecule has 1 aromatic carbocycles. The summed E-state index contributed by atoms with van der Waals surface area (Å²) < 4.78 is 24.8. The van der Waals surface area contributed by atoms with Crippen molar-refractivity contribution in [3.8, 4) is 0 Å². The van der Waals surface area contributed by atoms with Crippen LogP contribution in [0.1, 0.15) is 5.56 Å². The summed E-state index contributed by atoms with van der Waals surface area (Å²) in [6, 6.07) is 5.34. The van der Waals surface area contributed by atoms with E-state index in [-0.39, 0.29) is 10.3 Å². The van der Waals surface area contributed by atoms with E-state index in [1.165, 1.54) is 17.5 Å². The second-order valence-electron chi connectivity index (χ2n) is 4.71. The summed E-state index contributed by atoms with van der Waals surface area (Å²) in [6.07, 6.45) is 2.50. The van der Waals surface area contributed by atoms with Crippen molar-refractivity contribution in [3.05, 3.63) is 40.3 Å². The van der Waals surface area contributed by atoms with Crippen LogP contribution in [0.15, 0.2) is 24.4 Å². The Morgan fingerprint density at radius 2 is 1.95 bits per heavy atom. The SMILES string of the molecule is Cc1ccc(Nc2nc(Cl)ncc2Cl)c(N(C)S(C)(=O)=O)c1. The fourth-order valence-electron chi connectivity index (χ4n) is 1.75. The summed E-state index contributed by atoms with van der Waals surface area (Å²) in [5.74, 6) is 0.300. The van der Waals surface area contributed by atoms with Gasteiger partial charge in [0.15, 0.2) is 5.82 Å². The lowest BCUT2D eigenvalue weighted by Gasteiger charge is -2.21.